The lowest BCUT2D eigenvalue weighted by atomic mass is 10.0. The van der Waals surface area contributed by atoms with Gasteiger partial charge >= 0.3 is 0 Å². The van der Waals surface area contributed by atoms with Crippen LogP contribution in [0.5, 0.6) is 5.75 Å². The molecule has 19 heavy (non-hydrogen) atoms. The van der Waals surface area contributed by atoms with Crippen LogP contribution in [0, 0.1) is 10.5 Å². The van der Waals surface area contributed by atoms with Gasteiger partial charge in [-0.2, -0.15) is 0 Å². The predicted molar refractivity (Wildman–Crippen MR) is 84.9 cm³/mol. The lowest BCUT2D eigenvalue weighted by molar-refractivity contribution is 0.103. The van der Waals surface area contributed by atoms with Crippen molar-refractivity contribution in [3.8, 4) is 5.75 Å². The largest absolute Gasteiger partial charge is 0.494 e. The van der Waals surface area contributed by atoms with Gasteiger partial charge in [0.2, 0.25) is 0 Å². The Morgan fingerprint density at radius 2 is 1.95 bits per heavy atom. The van der Waals surface area contributed by atoms with Gasteiger partial charge in [-0.3, -0.25) is 4.79 Å². The molecule has 2 aromatic rings. The average Bonchev–Trinajstić information content (AvgIpc) is 2.42. The minimum Gasteiger partial charge on any atom is -0.494 e. The van der Waals surface area contributed by atoms with Crippen molar-refractivity contribution in [1.29, 1.82) is 0 Å². The topological polar surface area (TPSA) is 26.3 Å². The van der Waals surface area contributed by atoms with Gasteiger partial charge in [-0.15, -0.1) is 0 Å². The van der Waals surface area contributed by atoms with Gasteiger partial charge in [0.05, 0.1) is 6.61 Å². The fourth-order valence-corrected chi connectivity index (χ4v) is 2.48. The summed E-state index contributed by atoms with van der Waals surface area (Å²) in [5.41, 5.74) is 2.52. The zero-order valence-corrected chi connectivity index (χ0v) is 13.1. The highest BCUT2D eigenvalue weighted by atomic mass is 127. The number of ketones is 1. The Bertz CT molecular complexity index is 605. The number of aryl methyl sites for hydroxylation is 1. The second-order valence-electron chi connectivity index (χ2n) is 4.23. The molecular weight excluding hydrogens is 351 g/mol. The number of hydrogen-bond acceptors (Lipinski definition) is 2. The number of ether oxygens (including phenoxy) is 1. The third kappa shape index (κ3) is 3.15. The maximum atomic E-state index is 12.5. The first-order valence-corrected chi connectivity index (χ1v) is 7.24. The number of halogens is 1. The standard InChI is InChI=1S/C16H15IO2/c1-3-19-13-8-5-7-12(10-13)16(18)14-9-4-6-11(2)15(14)17/h4-10H,3H2,1-2H3. The Kier molecular flexibility index (Phi) is 4.58. The first-order valence-electron chi connectivity index (χ1n) is 6.16. The summed E-state index contributed by atoms with van der Waals surface area (Å²) < 4.78 is 6.44. The van der Waals surface area contributed by atoms with E-state index in [1.807, 2.05) is 50.2 Å². The molecule has 0 aromatic heterocycles. The summed E-state index contributed by atoms with van der Waals surface area (Å²) in [6, 6.07) is 13.1. The van der Waals surface area contributed by atoms with E-state index in [0.717, 1.165) is 20.4 Å². The van der Waals surface area contributed by atoms with E-state index in [0.29, 0.717) is 12.2 Å². The summed E-state index contributed by atoms with van der Waals surface area (Å²) in [7, 11) is 0. The number of hydrogen-bond donors (Lipinski definition) is 0. The van der Waals surface area contributed by atoms with Crippen molar-refractivity contribution in [2.75, 3.05) is 6.61 Å². The molecule has 0 aliphatic rings. The van der Waals surface area contributed by atoms with E-state index in [1.54, 1.807) is 6.07 Å². The van der Waals surface area contributed by atoms with Crippen LogP contribution in [0.2, 0.25) is 0 Å². The van der Waals surface area contributed by atoms with E-state index < -0.39 is 0 Å². The second kappa shape index (κ2) is 6.19. The number of carbonyl (C=O) groups excluding carboxylic acids is 1. The van der Waals surface area contributed by atoms with Crippen LogP contribution in [0.4, 0.5) is 0 Å². The van der Waals surface area contributed by atoms with Gasteiger partial charge in [-0.1, -0.05) is 24.3 Å². The molecule has 0 unspecified atom stereocenters. The van der Waals surface area contributed by atoms with Crippen LogP contribution in [0.15, 0.2) is 42.5 Å². The van der Waals surface area contributed by atoms with Gasteiger partial charge in [0.15, 0.2) is 5.78 Å². The van der Waals surface area contributed by atoms with Crippen LogP contribution in [0.3, 0.4) is 0 Å². The molecule has 0 atom stereocenters. The van der Waals surface area contributed by atoms with Crippen molar-refractivity contribution in [2.45, 2.75) is 13.8 Å². The molecule has 2 aromatic carbocycles. The van der Waals surface area contributed by atoms with Crippen molar-refractivity contribution in [3.05, 3.63) is 62.7 Å². The molecule has 0 aliphatic heterocycles. The minimum atomic E-state index is 0.0367. The molecule has 0 saturated heterocycles. The van der Waals surface area contributed by atoms with Crippen LogP contribution < -0.4 is 4.74 Å². The van der Waals surface area contributed by atoms with Crippen LogP contribution in [-0.2, 0) is 0 Å². The molecule has 0 heterocycles. The van der Waals surface area contributed by atoms with Crippen molar-refractivity contribution >= 4 is 28.4 Å². The van der Waals surface area contributed by atoms with Crippen LogP contribution in [0.1, 0.15) is 28.4 Å². The third-order valence-electron chi connectivity index (χ3n) is 2.84. The van der Waals surface area contributed by atoms with Gasteiger partial charge < -0.3 is 4.74 Å². The molecule has 98 valence electrons. The Morgan fingerprint density at radius 1 is 1.21 bits per heavy atom. The van der Waals surface area contributed by atoms with Gasteiger partial charge in [0, 0.05) is 14.7 Å². The van der Waals surface area contributed by atoms with Gasteiger partial charge in [-0.25, -0.2) is 0 Å². The molecule has 3 heteroatoms. The summed E-state index contributed by atoms with van der Waals surface area (Å²) in [5, 5.41) is 0. The zero-order chi connectivity index (χ0) is 13.8. The molecule has 0 aliphatic carbocycles. The normalized spacial score (nSPS) is 10.3. The Labute approximate surface area is 126 Å². The molecule has 2 rings (SSSR count). The predicted octanol–water partition coefficient (Wildman–Crippen LogP) is 4.23. The first kappa shape index (κ1) is 14.1. The van der Waals surface area contributed by atoms with Gasteiger partial charge in [0.1, 0.15) is 5.75 Å². The molecular formula is C16H15IO2. The van der Waals surface area contributed by atoms with Crippen molar-refractivity contribution in [1.82, 2.24) is 0 Å². The van der Waals surface area contributed by atoms with Gasteiger partial charge in [-0.05, 0) is 60.2 Å². The Balaban J connectivity index is 2.38. The average molecular weight is 366 g/mol. The Hall–Kier alpha value is -1.36. The third-order valence-corrected chi connectivity index (χ3v) is 4.28. The summed E-state index contributed by atoms with van der Waals surface area (Å²) in [6.07, 6.45) is 0. The molecule has 0 saturated carbocycles. The van der Waals surface area contributed by atoms with E-state index in [1.165, 1.54) is 0 Å². The molecule has 0 amide bonds. The smallest absolute Gasteiger partial charge is 0.194 e. The first-order chi connectivity index (χ1) is 9.13. The fourth-order valence-electron chi connectivity index (χ4n) is 1.87. The highest BCUT2D eigenvalue weighted by Gasteiger charge is 2.14. The van der Waals surface area contributed by atoms with E-state index >= 15 is 0 Å². The highest BCUT2D eigenvalue weighted by molar-refractivity contribution is 14.1. The van der Waals surface area contributed by atoms with Gasteiger partial charge in [0.25, 0.3) is 0 Å². The zero-order valence-electron chi connectivity index (χ0n) is 10.9. The van der Waals surface area contributed by atoms with Crippen molar-refractivity contribution in [3.63, 3.8) is 0 Å². The number of carbonyl (C=O) groups is 1. The fraction of sp³-hybridized carbons (Fsp3) is 0.188. The highest BCUT2D eigenvalue weighted by Crippen LogP contribution is 2.22. The van der Waals surface area contributed by atoms with E-state index in [2.05, 4.69) is 22.6 Å². The quantitative estimate of drug-likeness (QED) is 0.598. The Morgan fingerprint density at radius 3 is 2.68 bits per heavy atom. The maximum Gasteiger partial charge on any atom is 0.194 e. The lowest BCUT2D eigenvalue weighted by Crippen LogP contribution is -2.05. The second-order valence-corrected chi connectivity index (χ2v) is 5.31. The summed E-state index contributed by atoms with van der Waals surface area (Å²) in [6.45, 7) is 4.53. The lowest BCUT2D eigenvalue weighted by Gasteiger charge is -2.08. The SMILES string of the molecule is CCOc1cccc(C(=O)c2cccc(C)c2I)c1. The van der Waals surface area contributed by atoms with Crippen molar-refractivity contribution < 1.29 is 9.53 Å². The molecule has 0 radical (unpaired) electrons. The monoisotopic (exact) mass is 366 g/mol. The summed E-state index contributed by atoms with van der Waals surface area (Å²) >= 11 is 2.22. The number of benzene rings is 2. The van der Waals surface area contributed by atoms with Crippen LogP contribution in [0.25, 0.3) is 0 Å². The van der Waals surface area contributed by atoms with Crippen LogP contribution in [-0.4, -0.2) is 12.4 Å². The summed E-state index contributed by atoms with van der Waals surface area (Å²) in [5.74, 6) is 0.769. The van der Waals surface area contributed by atoms with Crippen molar-refractivity contribution in [2.24, 2.45) is 0 Å². The summed E-state index contributed by atoms with van der Waals surface area (Å²) in [4.78, 5) is 12.5. The van der Waals surface area contributed by atoms with E-state index in [9.17, 15) is 4.79 Å². The maximum absolute atomic E-state index is 12.5. The van der Waals surface area contributed by atoms with Crippen LogP contribution >= 0.6 is 22.6 Å². The van der Waals surface area contributed by atoms with E-state index in [4.69, 9.17) is 4.74 Å². The molecule has 0 N–H and O–H groups in total. The number of rotatable bonds is 4. The van der Waals surface area contributed by atoms with E-state index in [-0.39, 0.29) is 5.78 Å². The molecule has 0 spiro atoms. The minimum absolute atomic E-state index is 0.0367. The molecule has 0 fully saturated rings. The molecule has 0 bridgehead atoms. The molecule has 2 nitrogen and oxygen atoms in total.